The molecule has 44 heavy (non-hydrogen) atoms. The maximum Gasteiger partial charge on any atom is 0.243 e. The Bertz CT molecular complexity index is 1510. The number of likely N-dealkylation sites (tertiary alicyclic amines) is 1. The normalized spacial score (nSPS) is 25.0. The van der Waals surface area contributed by atoms with E-state index in [1.165, 1.54) is 18.2 Å². The Morgan fingerprint density at radius 2 is 1.77 bits per heavy atom. The lowest BCUT2D eigenvalue weighted by molar-refractivity contribution is -0.117. The third kappa shape index (κ3) is 5.79. The monoisotopic (exact) mass is 620 g/mol. The van der Waals surface area contributed by atoms with Crippen LogP contribution in [0, 0.1) is 34.9 Å². The Morgan fingerprint density at radius 3 is 2.39 bits per heavy atom. The summed E-state index contributed by atoms with van der Waals surface area (Å²) < 4.78 is 40.0. The van der Waals surface area contributed by atoms with E-state index in [0.29, 0.717) is 10.8 Å². The van der Waals surface area contributed by atoms with Gasteiger partial charge < -0.3 is 15.1 Å². The molecule has 7 nitrogen and oxygen atoms in total. The topological polar surface area (TPSA) is 93.5 Å². The highest BCUT2D eigenvalue weighted by molar-refractivity contribution is 7.92. The van der Waals surface area contributed by atoms with Gasteiger partial charge in [-0.3, -0.25) is 4.79 Å². The van der Waals surface area contributed by atoms with Gasteiger partial charge >= 0.3 is 0 Å². The summed E-state index contributed by atoms with van der Waals surface area (Å²) in [6.45, 7) is 8.22. The summed E-state index contributed by atoms with van der Waals surface area (Å²) in [4.78, 5) is 17.5. The number of halogens is 1. The number of nitrogens with zero attached hydrogens (tertiary/aromatic N) is 3. The second kappa shape index (κ2) is 12.6. The highest BCUT2D eigenvalue weighted by atomic mass is 32.2. The molecule has 0 radical (unpaired) electrons. The number of anilines is 1. The van der Waals surface area contributed by atoms with Crippen molar-refractivity contribution in [1.29, 1.82) is 5.26 Å². The predicted molar refractivity (Wildman–Crippen MR) is 171 cm³/mol. The molecule has 1 N–H and O–H groups in total. The van der Waals surface area contributed by atoms with Gasteiger partial charge in [-0.2, -0.15) is 5.26 Å². The number of benzene rings is 2. The maximum absolute atomic E-state index is 14.5. The Kier molecular flexibility index (Phi) is 8.85. The van der Waals surface area contributed by atoms with Crippen LogP contribution in [0.5, 0.6) is 0 Å². The zero-order chi connectivity index (χ0) is 30.9. The second-order valence-corrected chi connectivity index (χ2v) is 15.5. The number of amides is 1. The number of rotatable bonds is 10. The Balaban J connectivity index is 0.00000400. The zero-order valence-electron chi connectivity index (χ0n) is 25.3. The Hall–Kier alpha value is -3.22. The van der Waals surface area contributed by atoms with Crippen LogP contribution in [0.2, 0.25) is 0 Å². The molecule has 3 atom stereocenters. The third-order valence-corrected chi connectivity index (χ3v) is 13.1. The van der Waals surface area contributed by atoms with E-state index in [4.69, 9.17) is 0 Å². The molecule has 2 aliphatic heterocycles. The lowest BCUT2D eigenvalue weighted by Crippen LogP contribution is -2.55. The first-order valence-corrected chi connectivity index (χ1v) is 17.7. The summed E-state index contributed by atoms with van der Waals surface area (Å²) in [7, 11) is -3.20. The van der Waals surface area contributed by atoms with E-state index < -0.39 is 15.3 Å². The minimum Gasteiger partial charge on any atom is -0.371 e. The first-order chi connectivity index (χ1) is 21.2. The van der Waals surface area contributed by atoms with Gasteiger partial charge in [0.25, 0.3) is 0 Å². The van der Waals surface area contributed by atoms with Gasteiger partial charge in [-0.25, -0.2) is 12.8 Å². The second-order valence-electron chi connectivity index (χ2n) is 13.3. The van der Waals surface area contributed by atoms with Crippen molar-refractivity contribution in [3.8, 4) is 6.07 Å². The van der Waals surface area contributed by atoms with Crippen molar-refractivity contribution >= 4 is 21.4 Å². The van der Waals surface area contributed by atoms with Crippen molar-refractivity contribution in [3.63, 3.8) is 0 Å². The summed E-state index contributed by atoms with van der Waals surface area (Å²) in [5.74, 6) is -0.0722. The predicted octanol–water partition coefficient (Wildman–Crippen LogP) is 5.48. The number of sulfone groups is 1. The molecule has 4 fully saturated rings. The van der Waals surface area contributed by atoms with Crippen molar-refractivity contribution in [2.24, 2.45) is 17.8 Å². The summed E-state index contributed by atoms with van der Waals surface area (Å²) >= 11 is 0. The molecule has 0 spiro atoms. The van der Waals surface area contributed by atoms with Gasteiger partial charge in [-0.05, 0) is 106 Å². The number of nitriles is 1. The summed E-state index contributed by atoms with van der Waals surface area (Å²) in [5.41, 5.74) is 0.912. The highest BCUT2D eigenvalue weighted by Crippen LogP contribution is 2.50. The van der Waals surface area contributed by atoms with E-state index in [1.54, 1.807) is 18.2 Å². The number of carbonyl (C=O) groups excluding carboxylic acids is 1. The molecule has 0 unspecified atom stereocenters. The smallest absolute Gasteiger partial charge is 0.243 e. The lowest BCUT2D eigenvalue weighted by atomic mass is 9.59. The fourth-order valence-electron chi connectivity index (χ4n) is 8.21. The lowest BCUT2D eigenvalue weighted by Gasteiger charge is -2.48. The number of hydrogen-bond donors (Lipinski definition) is 1. The van der Waals surface area contributed by atoms with Crippen LogP contribution < -0.4 is 10.2 Å². The van der Waals surface area contributed by atoms with Crippen LogP contribution in [0.3, 0.4) is 0 Å². The fraction of sp³-hybridized carbons (Fsp3) is 0.543. The molecule has 0 aromatic heterocycles. The molecule has 9 heteroatoms. The van der Waals surface area contributed by atoms with Crippen LogP contribution in [0.4, 0.5) is 10.1 Å². The van der Waals surface area contributed by atoms with Crippen LogP contribution >= 0.6 is 0 Å². The minimum atomic E-state index is -3.20. The van der Waals surface area contributed by atoms with Gasteiger partial charge in [-0.1, -0.05) is 31.6 Å². The van der Waals surface area contributed by atoms with Crippen LogP contribution in [-0.4, -0.2) is 63.2 Å². The SMILES string of the molecule is C=CC(=O)N[C@H]1CCC[C@@H]1[C@](C#N)(c1cccc(F)c1)C1CCN(CC2CN(c3ccc(S(=O)(=O)C4CCC4)cc3)C2)CC1.[HH]. The van der Waals surface area contributed by atoms with E-state index >= 15 is 0 Å². The molecule has 4 aliphatic rings. The van der Waals surface area contributed by atoms with Crippen molar-refractivity contribution in [3.05, 3.63) is 72.6 Å². The van der Waals surface area contributed by atoms with Crippen LogP contribution in [0.25, 0.3) is 0 Å². The van der Waals surface area contributed by atoms with E-state index in [1.807, 2.05) is 18.2 Å². The fourth-order valence-corrected chi connectivity index (χ4v) is 10.1. The summed E-state index contributed by atoms with van der Waals surface area (Å²) in [6.07, 6.45) is 8.04. The third-order valence-electron chi connectivity index (χ3n) is 10.8. The van der Waals surface area contributed by atoms with Gasteiger partial charge in [0.05, 0.1) is 21.6 Å². The number of hydrogen-bond acceptors (Lipinski definition) is 6. The van der Waals surface area contributed by atoms with Crippen LogP contribution in [0.15, 0.2) is 66.1 Å². The maximum atomic E-state index is 14.5. The van der Waals surface area contributed by atoms with E-state index in [-0.39, 0.29) is 36.3 Å². The van der Waals surface area contributed by atoms with Crippen LogP contribution in [0.1, 0.15) is 58.4 Å². The van der Waals surface area contributed by atoms with Gasteiger partial charge in [0.1, 0.15) is 5.82 Å². The number of nitrogens with one attached hydrogen (secondary N) is 1. The first kappa shape index (κ1) is 30.8. The molecule has 2 aromatic carbocycles. The van der Waals surface area contributed by atoms with Gasteiger partial charge in [0.15, 0.2) is 9.84 Å². The van der Waals surface area contributed by atoms with Gasteiger partial charge in [0, 0.05) is 44.6 Å². The molecule has 2 saturated heterocycles. The minimum absolute atomic E-state index is 0. The number of piperidine rings is 1. The standard InChI is InChI=1S/C35H43FN4O3S.H2/c1-2-34(41)38-33-11-5-10-32(33)35(24-37,27-6-3-7-28(36)20-27)26-16-18-39(19-17-26)21-25-22-40(23-25)29-12-14-31(15-13-29)44(42,43)30-8-4-9-30;/h2-3,6-7,12-15,20,25-26,30,32-33H,1,4-5,8-11,16-19,21-23H2,(H,38,41);1H/t32-,33-,35-;/m0./s1. The Labute approximate surface area is 262 Å². The summed E-state index contributed by atoms with van der Waals surface area (Å²) in [5, 5.41) is 13.8. The molecule has 236 valence electrons. The molecule has 2 saturated carbocycles. The summed E-state index contributed by atoms with van der Waals surface area (Å²) in [6, 6.07) is 16.5. The van der Waals surface area contributed by atoms with Crippen molar-refractivity contribution < 1.29 is 19.0 Å². The molecule has 2 aliphatic carbocycles. The molecule has 2 heterocycles. The van der Waals surface area contributed by atoms with E-state index in [2.05, 4.69) is 27.8 Å². The van der Waals surface area contributed by atoms with Gasteiger partial charge in [0.2, 0.25) is 5.91 Å². The average Bonchev–Trinajstić information content (AvgIpc) is 3.43. The average molecular weight is 621 g/mol. The molecule has 1 amide bonds. The quantitative estimate of drug-likeness (QED) is 0.354. The zero-order valence-corrected chi connectivity index (χ0v) is 26.2. The van der Waals surface area contributed by atoms with Crippen molar-refractivity contribution in [1.82, 2.24) is 10.2 Å². The van der Waals surface area contributed by atoms with Crippen molar-refractivity contribution in [2.75, 3.05) is 37.6 Å². The van der Waals surface area contributed by atoms with Gasteiger partial charge in [-0.15, -0.1) is 0 Å². The molecule has 0 bridgehead atoms. The molecule has 2 aromatic rings. The first-order valence-electron chi connectivity index (χ1n) is 16.2. The van der Waals surface area contributed by atoms with E-state index in [0.717, 1.165) is 95.3 Å². The Morgan fingerprint density at radius 1 is 1.07 bits per heavy atom. The number of carbonyl (C=O) groups is 1. The molecular formula is C35H45FN4O3S. The largest absolute Gasteiger partial charge is 0.371 e. The van der Waals surface area contributed by atoms with Crippen LogP contribution in [-0.2, 0) is 20.0 Å². The molecular weight excluding hydrogens is 575 g/mol. The molecule has 6 rings (SSSR count). The highest BCUT2D eigenvalue weighted by Gasteiger charge is 2.52. The van der Waals surface area contributed by atoms with E-state index in [9.17, 15) is 22.9 Å². The van der Waals surface area contributed by atoms with Crippen molar-refractivity contribution in [2.45, 2.75) is 73.0 Å².